The lowest BCUT2D eigenvalue weighted by Gasteiger charge is -2.10. The summed E-state index contributed by atoms with van der Waals surface area (Å²) >= 11 is 0. The van der Waals surface area contributed by atoms with Crippen molar-refractivity contribution < 1.29 is 23.0 Å². The highest BCUT2D eigenvalue weighted by atomic mass is 19.1. The molecule has 1 fully saturated rings. The van der Waals surface area contributed by atoms with Crippen LogP contribution in [0.25, 0.3) is 11.1 Å². The van der Waals surface area contributed by atoms with E-state index in [-0.39, 0.29) is 17.5 Å². The number of hydrogen-bond acceptors (Lipinski definition) is 3. The molecule has 1 aliphatic rings. The molecule has 0 N–H and O–H groups in total. The first kappa shape index (κ1) is 19.1. The summed E-state index contributed by atoms with van der Waals surface area (Å²) in [4.78, 5) is 11.3. The monoisotopic (exact) mass is 394 g/mol. The summed E-state index contributed by atoms with van der Waals surface area (Å²) in [7, 11) is 0. The van der Waals surface area contributed by atoms with Gasteiger partial charge in [-0.25, -0.2) is 8.78 Å². The van der Waals surface area contributed by atoms with E-state index < -0.39 is 5.82 Å². The van der Waals surface area contributed by atoms with E-state index in [1.54, 1.807) is 49.4 Å². The van der Waals surface area contributed by atoms with Crippen LogP contribution >= 0.6 is 0 Å². The van der Waals surface area contributed by atoms with Gasteiger partial charge in [-0.3, -0.25) is 4.79 Å². The quantitative estimate of drug-likeness (QED) is 0.491. The SMILES string of the molecule is CC(=O)C1CC1COc1ccc(-c2cc(Oc3cccc(F)c3)ccc2F)cc1. The Morgan fingerprint density at radius 1 is 0.966 bits per heavy atom. The van der Waals surface area contributed by atoms with Gasteiger partial charge in [0.25, 0.3) is 0 Å². The molecule has 2 atom stereocenters. The Morgan fingerprint density at radius 3 is 2.38 bits per heavy atom. The fourth-order valence-electron chi connectivity index (χ4n) is 3.32. The van der Waals surface area contributed by atoms with Crippen molar-refractivity contribution in [2.45, 2.75) is 13.3 Å². The van der Waals surface area contributed by atoms with Crippen LogP contribution in [0.3, 0.4) is 0 Å². The molecule has 0 aliphatic heterocycles. The molecule has 2 unspecified atom stereocenters. The fourth-order valence-corrected chi connectivity index (χ4v) is 3.32. The summed E-state index contributed by atoms with van der Waals surface area (Å²) in [6.45, 7) is 2.12. The first-order chi connectivity index (χ1) is 14.0. The lowest BCUT2D eigenvalue weighted by atomic mass is 10.0. The third-order valence-electron chi connectivity index (χ3n) is 5.04. The van der Waals surface area contributed by atoms with E-state index >= 15 is 0 Å². The van der Waals surface area contributed by atoms with Gasteiger partial charge in [-0.05, 0) is 61.4 Å². The van der Waals surface area contributed by atoms with Crippen molar-refractivity contribution in [1.29, 1.82) is 0 Å². The Bertz CT molecular complexity index is 1030. The van der Waals surface area contributed by atoms with E-state index in [9.17, 15) is 13.6 Å². The molecule has 0 radical (unpaired) electrons. The van der Waals surface area contributed by atoms with Crippen LogP contribution in [0, 0.1) is 23.5 Å². The topological polar surface area (TPSA) is 35.5 Å². The molecule has 3 nitrogen and oxygen atoms in total. The van der Waals surface area contributed by atoms with E-state index in [1.807, 2.05) is 0 Å². The highest BCUT2D eigenvalue weighted by Crippen LogP contribution is 2.39. The molecule has 4 rings (SSSR count). The first-order valence-electron chi connectivity index (χ1n) is 9.46. The van der Waals surface area contributed by atoms with Crippen LogP contribution in [-0.2, 0) is 4.79 Å². The number of ketones is 1. The number of rotatable bonds is 7. The van der Waals surface area contributed by atoms with Crippen molar-refractivity contribution in [2.24, 2.45) is 11.8 Å². The van der Waals surface area contributed by atoms with Crippen molar-refractivity contribution in [3.8, 4) is 28.4 Å². The molecule has 5 heteroatoms. The zero-order chi connectivity index (χ0) is 20.4. The van der Waals surface area contributed by atoms with Gasteiger partial charge in [0, 0.05) is 23.5 Å². The molecular weight excluding hydrogens is 374 g/mol. The van der Waals surface area contributed by atoms with E-state index in [4.69, 9.17) is 9.47 Å². The van der Waals surface area contributed by atoms with Gasteiger partial charge in [-0.15, -0.1) is 0 Å². The number of ether oxygens (including phenoxy) is 2. The van der Waals surface area contributed by atoms with Crippen molar-refractivity contribution >= 4 is 5.78 Å². The molecule has 1 aliphatic carbocycles. The largest absolute Gasteiger partial charge is 0.493 e. The number of carbonyl (C=O) groups is 1. The van der Waals surface area contributed by atoms with Crippen molar-refractivity contribution in [1.82, 2.24) is 0 Å². The van der Waals surface area contributed by atoms with Crippen molar-refractivity contribution in [2.75, 3.05) is 6.61 Å². The zero-order valence-electron chi connectivity index (χ0n) is 15.9. The number of benzene rings is 3. The Labute approximate surface area is 167 Å². The van der Waals surface area contributed by atoms with Gasteiger partial charge in [-0.2, -0.15) is 0 Å². The van der Waals surface area contributed by atoms with Crippen LogP contribution in [-0.4, -0.2) is 12.4 Å². The van der Waals surface area contributed by atoms with Gasteiger partial charge in [-0.1, -0.05) is 18.2 Å². The molecule has 0 heterocycles. The minimum absolute atomic E-state index is 0.129. The molecule has 0 spiro atoms. The Hall–Kier alpha value is -3.21. The van der Waals surface area contributed by atoms with E-state index in [2.05, 4.69) is 0 Å². The average Bonchev–Trinajstić information content (AvgIpc) is 3.49. The second-order valence-corrected chi connectivity index (χ2v) is 7.25. The Balaban J connectivity index is 1.45. The molecule has 0 aromatic heterocycles. The van der Waals surface area contributed by atoms with Gasteiger partial charge >= 0.3 is 0 Å². The smallest absolute Gasteiger partial charge is 0.133 e. The predicted molar refractivity (Wildman–Crippen MR) is 106 cm³/mol. The Morgan fingerprint density at radius 2 is 1.69 bits per heavy atom. The molecule has 0 amide bonds. The van der Waals surface area contributed by atoms with Gasteiger partial charge in [0.1, 0.15) is 34.7 Å². The molecule has 3 aromatic rings. The second-order valence-electron chi connectivity index (χ2n) is 7.25. The van der Waals surface area contributed by atoms with E-state index in [1.165, 1.54) is 24.3 Å². The summed E-state index contributed by atoms with van der Waals surface area (Å²) in [5.74, 6) is 1.28. The normalized spacial score (nSPS) is 17.6. The van der Waals surface area contributed by atoms with Gasteiger partial charge < -0.3 is 9.47 Å². The van der Waals surface area contributed by atoms with Crippen molar-refractivity contribution in [3.63, 3.8) is 0 Å². The summed E-state index contributed by atoms with van der Waals surface area (Å²) < 4.78 is 39.1. The third-order valence-corrected chi connectivity index (χ3v) is 5.04. The maximum atomic E-state index is 14.4. The lowest BCUT2D eigenvalue weighted by molar-refractivity contribution is -0.118. The summed E-state index contributed by atoms with van der Waals surface area (Å²) in [5, 5.41) is 0. The fraction of sp³-hybridized carbons (Fsp3) is 0.208. The van der Waals surface area contributed by atoms with Crippen LogP contribution in [0.1, 0.15) is 13.3 Å². The molecule has 0 saturated heterocycles. The second kappa shape index (κ2) is 8.03. The minimum Gasteiger partial charge on any atom is -0.493 e. The van der Waals surface area contributed by atoms with Crippen LogP contribution in [0.4, 0.5) is 8.78 Å². The zero-order valence-corrected chi connectivity index (χ0v) is 15.9. The number of Topliss-reactive ketones (excluding diaryl/α,β-unsaturated/α-hetero) is 1. The molecule has 1 saturated carbocycles. The third kappa shape index (κ3) is 4.62. The van der Waals surface area contributed by atoms with Crippen molar-refractivity contribution in [3.05, 3.63) is 78.4 Å². The number of halogens is 2. The lowest BCUT2D eigenvalue weighted by Crippen LogP contribution is -2.04. The molecule has 0 bridgehead atoms. The van der Waals surface area contributed by atoms with Gasteiger partial charge in [0.15, 0.2) is 0 Å². The summed E-state index contributed by atoms with van der Waals surface area (Å²) in [6.07, 6.45) is 0.886. The van der Waals surface area contributed by atoms with E-state index in [0.717, 1.165) is 6.42 Å². The molecular formula is C24H20F2O3. The first-order valence-corrected chi connectivity index (χ1v) is 9.46. The van der Waals surface area contributed by atoms with Gasteiger partial charge in [0.2, 0.25) is 0 Å². The highest BCUT2D eigenvalue weighted by molar-refractivity contribution is 5.81. The maximum Gasteiger partial charge on any atom is 0.133 e. The van der Waals surface area contributed by atoms with Crippen LogP contribution in [0.2, 0.25) is 0 Å². The van der Waals surface area contributed by atoms with Gasteiger partial charge in [0.05, 0.1) is 6.61 Å². The molecule has 148 valence electrons. The van der Waals surface area contributed by atoms with E-state index in [0.29, 0.717) is 40.9 Å². The van der Waals surface area contributed by atoms with Crippen LogP contribution in [0.15, 0.2) is 66.7 Å². The highest BCUT2D eigenvalue weighted by Gasteiger charge is 2.41. The van der Waals surface area contributed by atoms with Crippen LogP contribution in [0.5, 0.6) is 17.2 Å². The van der Waals surface area contributed by atoms with Crippen LogP contribution < -0.4 is 9.47 Å². The molecule has 3 aromatic carbocycles. The summed E-state index contributed by atoms with van der Waals surface area (Å²) in [6, 6.07) is 17.3. The maximum absolute atomic E-state index is 14.4. The molecule has 29 heavy (non-hydrogen) atoms. The Kier molecular flexibility index (Phi) is 5.30. The standard InChI is InChI=1S/C24H20F2O3/c1-15(27)22-11-17(22)14-28-19-7-5-16(6-8-19)23-13-21(9-10-24(23)26)29-20-4-2-3-18(25)12-20/h2-10,12-13,17,22H,11,14H2,1H3. The predicted octanol–water partition coefficient (Wildman–Crippen LogP) is 6.03. The average molecular weight is 394 g/mol. The summed E-state index contributed by atoms with van der Waals surface area (Å²) in [5.41, 5.74) is 1.05. The minimum atomic E-state index is -0.402. The number of carbonyl (C=O) groups excluding carboxylic acids is 1. The number of hydrogen-bond donors (Lipinski definition) is 0.